The van der Waals surface area contributed by atoms with E-state index in [4.69, 9.17) is 0 Å². The first-order valence-corrected chi connectivity index (χ1v) is 5.32. The van der Waals surface area contributed by atoms with Crippen molar-refractivity contribution in [3.05, 3.63) is 41.7 Å². The summed E-state index contributed by atoms with van der Waals surface area (Å²) in [5.74, 6) is 1.73. The summed E-state index contributed by atoms with van der Waals surface area (Å²) in [6, 6.07) is 4.01. The standard InChI is InChI=1S/C11H15N5/c1-9-14-11(16-15-9)4-7-13-8-10-2-5-12-6-3-10/h2-3,5-6,13H,4,7-8H2,1H3,(H,14,15,16). The lowest BCUT2D eigenvalue weighted by Gasteiger charge is -2.02. The maximum atomic E-state index is 4.24. The molecule has 0 saturated heterocycles. The van der Waals surface area contributed by atoms with Crippen molar-refractivity contribution in [3.63, 3.8) is 0 Å². The molecule has 2 aromatic rings. The number of hydrogen-bond acceptors (Lipinski definition) is 4. The molecule has 0 bridgehead atoms. The van der Waals surface area contributed by atoms with Gasteiger partial charge in [0, 0.05) is 31.9 Å². The molecule has 2 N–H and O–H groups in total. The number of aromatic amines is 1. The highest BCUT2D eigenvalue weighted by Gasteiger charge is 1.98. The van der Waals surface area contributed by atoms with Crippen molar-refractivity contribution in [1.82, 2.24) is 25.5 Å². The predicted octanol–water partition coefficient (Wildman–Crippen LogP) is 0.840. The zero-order valence-corrected chi connectivity index (χ0v) is 9.27. The van der Waals surface area contributed by atoms with Crippen LogP contribution in [0.2, 0.25) is 0 Å². The molecule has 2 heterocycles. The molecule has 5 nitrogen and oxygen atoms in total. The Morgan fingerprint density at radius 3 is 2.81 bits per heavy atom. The largest absolute Gasteiger partial charge is 0.312 e. The summed E-state index contributed by atoms with van der Waals surface area (Å²) in [6.07, 6.45) is 4.45. The molecule has 0 atom stereocenters. The number of pyridine rings is 1. The predicted molar refractivity (Wildman–Crippen MR) is 60.8 cm³/mol. The molecule has 0 aromatic carbocycles. The molecular formula is C11H15N5. The van der Waals surface area contributed by atoms with Gasteiger partial charge in [0.15, 0.2) is 5.82 Å². The number of hydrogen-bond donors (Lipinski definition) is 2. The van der Waals surface area contributed by atoms with Gasteiger partial charge in [0.1, 0.15) is 5.82 Å². The van der Waals surface area contributed by atoms with Crippen LogP contribution in [0.15, 0.2) is 24.5 Å². The molecule has 0 radical (unpaired) electrons. The van der Waals surface area contributed by atoms with E-state index < -0.39 is 0 Å². The smallest absolute Gasteiger partial charge is 0.151 e. The number of nitrogens with one attached hydrogen (secondary N) is 2. The lowest BCUT2D eigenvalue weighted by Crippen LogP contribution is -2.17. The zero-order chi connectivity index (χ0) is 11.2. The third kappa shape index (κ3) is 3.13. The third-order valence-corrected chi connectivity index (χ3v) is 2.25. The van der Waals surface area contributed by atoms with Crippen LogP contribution in [-0.4, -0.2) is 26.7 Å². The second-order valence-corrected chi connectivity index (χ2v) is 3.62. The van der Waals surface area contributed by atoms with Crippen LogP contribution in [0.4, 0.5) is 0 Å². The van der Waals surface area contributed by atoms with Gasteiger partial charge in [-0.15, -0.1) is 0 Å². The van der Waals surface area contributed by atoms with Gasteiger partial charge < -0.3 is 5.32 Å². The first kappa shape index (κ1) is 10.8. The third-order valence-electron chi connectivity index (χ3n) is 2.25. The minimum atomic E-state index is 0.843. The van der Waals surface area contributed by atoms with E-state index in [9.17, 15) is 0 Å². The van der Waals surface area contributed by atoms with Gasteiger partial charge in [0.25, 0.3) is 0 Å². The highest BCUT2D eigenvalue weighted by Crippen LogP contribution is 1.95. The van der Waals surface area contributed by atoms with E-state index in [2.05, 4.69) is 25.5 Å². The van der Waals surface area contributed by atoms with Crippen LogP contribution in [-0.2, 0) is 13.0 Å². The second-order valence-electron chi connectivity index (χ2n) is 3.62. The van der Waals surface area contributed by atoms with E-state index in [0.29, 0.717) is 0 Å². The maximum Gasteiger partial charge on any atom is 0.151 e. The lowest BCUT2D eigenvalue weighted by molar-refractivity contribution is 0.671. The van der Waals surface area contributed by atoms with Gasteiger partial charge in [0.05, 0.1) is 0 Å². The van der Waals surface area contributed by atoms with Crippen LogP contribution in [0.5, 0.6) is 0 Å². The van der Waals surface area contributed by atoms with Crippen molar-refractivity contribution in [2.24, 2.45) is 0 Å². The van der Waals surface area contributed by atoms with Crippen LogP contribution < -0.4 is 5.32 Å². The van der Waals surface area contributed by atoms with Gasteiger partial charge in [-0.05, 0) is 24.6 Å². The molecule has 0 aliphatic carbocycles. The molecule has 0 spiro atoms. The van der Waals surface area contributed by atoms with Crippen molar-refractivity contribution in [3.8, 4) is 0 Å². The zero-order valence-electron chi connectivity index (χ0n) is 9.27. The molecule has 0 unspecified atom stereocenters. The molecule has 0 amide bonds. The average molecular weight is 217 g/mol. The number of nitrogens with zero attached hydrogens (tertiary/aromatic N) is 3. The molecule has 0 aliphatic rings. The Morgan fingerprint density at radius 1 is 1.31 bits per heavy atom. The normalized spacial score (nSPS) is 10.6. The molecule has 0 aliphatic heterocycles. The van der Waals surface area contributed by atoms with E-state index in [1.807, 2.05) is 19.1 Å². The molecular weight excluding hydrogens is 202 g/mol. The van der Waals surface area contributed by atoms with Gasteiger partial charge >= 0.3 is 0 Å². The van der Waals surface area contributed by atoms with Gasteiger partial charge in [-0.3, -0.25) is 10.1 Å². The fourth-order valence-electron chi connectivity index (χ4n) is 1.43. The Labute approximate surface area is 94.3 Å². The van der Waals surface area contributed by atoms with E-state index in [-0.39, 0.29) is 0 Å². The maximum absolute atomic E-state index is 4.24. The lowest BCUT2D eigenvalue weighted by atomic mass is 10.2. The Balaban J connectivity index is 1.69. The number of H-pyrrole nitrogens is 1. The average Bonchev–Trinajstić information content (AvgIpc) is 2.72. The second kappa shape index (κ2) is 5.37. The van der Waals surface area contributed by atoms with Crippen LogP contribution >= 0.6 is 0 Å². The summed E-state index contributed by atoms with van der Waals surface area (Å²) < 4.78 is 0. The van der Waals surface area contributed by atoms with Crippen molar-refractivity contribution in [2.45, 2.75) is 19.9 Å². The highest BCUT2D eigenvalue weighted by molar-refractivity contribution is 5.08. The van der Waals surface area contributed by atoms with Crippen LogP contribution in [0, 0.1) is 6.92 Å². The number of aromatic nitrogens is 4. The molecule has 0 fully saturated rings. The van der Waals surface area contributed by atoms with Gasteiger partial charge in [-0.25, -0.2) is 4.98 Å². The van der Waals surface area contributed by atoms with Crippen molar-refractivity contribution in [2.75, 3.05) is 6.54 Å². The first-order chi connectivity index (χ1) is 7.84. The Morgan fingerprint density at radius 2 is 2.12 bits per heavy atom. The highest BCUT2D eigenvalue weighted by atomic mass is 15.2. The molecule has 16 heavy (non-hydrogen) atoms. The quantitative estimate of drug-likeness (QED) is 0.728. The molecule has 84 valence electrons. The van der Waals surface area contributed by atoms with Gasteiger partial charge in [0.2, 0.25) is 0 Å². The fourth-order valence-corrected chi connectivity index (χ4v) is 1.43. The van der Waals surface area contributed by atoms with Gasteiger partial charge in [-0.1, -0.05) is 0 Å². The summed E-state index contributed by atoms with van der Waals surface area (Å²) in [6.45, 7) is 3.63. The monoisotopic (exact) mass is 217 g/mol. The fraction of sp³-hybridized carbons (Fsp3) is 0.364. The van der Waals surface area contributed by atoms with Crippen LogP contribution in [0.3, 0.4) is 0 Å². The van der Waals surface area contributed by atoms with E-state index >= 15 is 0 Å². The summed E-state index contributed by atoms with van der Waals surface area (Å²) in [5, 5.41) is 10.2. The number of rotatable bonds is 5. The van der Waals surface area contributed by atoms with Crippen LogP contribution in [0.25, 0.3) is 0 Å². The van der Waals surface area contributed by atoms with Gasteiger partial charge in [-0.2, -0.15) is 5.10 Å². The molecule has 5 heteroatoms. The molecule has 0 saturated carbocycles. The van der Waals surface area contributed by atoms with E-state index in [1.165, 1.54) is 5.56 Å². The Hall–Kier alpha value is -1.75. The van der Waals surface area contributed by atoms with Crippen LogP contribution in [0.1, 0.15) is 17.2 Å². The summed E-state index contributed by atoms with van der Waals surface area (Å²) in [7, 11) is 0. The first-order valence-electron chi connectivity index (χ1n) is 5.32. The Kier molecular flexibility index (Phi) is 3.61. The SMILES string of the molecule is Cc1nc(CCNCc2ccncc2)n[nH]1. The van der Waals surface area contributed by atoms with Crippen molar-refractivity contribution >= 4 is 0 Å². The van der Waals surface area contributed by atoms with E-state index in [1.54, 1.807) is 12.4 Å². The molecule has 2 aromatic heterocycles. The summed E-state index contributed by atoms with van der Waals surface area (Å²) >= 11 is 0. The summed E-state index contributed by atoms with van der Waals surface area (Å²) in [5.41, 5.74) is 1.24. The number of aryl methyl sites for hydroxylation is 1. The minimum absolute atomic E-state index is 0.843. The van der Waals surface area contributed by atoms with Crippen molar-refractivity contribution in [1.29, 1.82) is 0 Å². The topological polar surface area (TPSA) is 66.5 Å². The minimum Gasteiger partial charge on any atom is -0.312 e. The Bertz CT molecular complexity index is 423. The summed E-state index contributed by atoms with van der Waals surface area (Å²) in [4.78, 5) is 8.21. The van der Waals surface area contributed by atoms with Crippen molar-refractivity contribution < 1.29 is 0 Å². The molecule has 2 rings (SSSR count). The van der Waals surface area contributed by atoms with E-state index in [0.717, 1.165) is 31.2 Å².